The Kier molecular flexibility index (Phi) is 6.37. The molecule has 5 nitrogen and oxygen atoms in total. The van der Waals surface area contributed by atoms with Crippen LogP contribution in [-0.4, -0.2) is 53.8 Å². The molecule has 2 aromatic carbocycles. The lowest BCUT2D eigenvalue weighted by Crippen LogP contribution is -2.54. The number of amides is 2. The van der Waals surface area contributed by atoms with Crippen molar-refractivity contribution in [2.24, 2.45) is 5.73 Å². The molecule has 27 heavy (non-hydrogen) atoms. The fourth-order valence-electron chi connectivity index (χ4n) is 3.14. The molecule has 1 aliphatic heterocycles. The Labute approximate surface area is 168 Å². The van der Waals surface area contributed by atoms with Crippen molar-refractivity contribution in [3.8, 4) is 0 Å². The number of benzene rings is 2. The highest BCUT2D eigenvalue weighted by molar-refractivity contribution is 6.35. The second kappa shape index (κ2) is 8.74. The molecule has 2 N–H and O–H groups in total. The summed E-state index contributed by atoms with van der Waals surface area (Å²) in [6, 6.07) is 13.6. The molecule has 2 amide bonds. The summed E-state index contributed by atoms with van der Waals surface area (Å²) in [5.41, 5.74) is 7.56. The predicted molar refractivity (Wildman–Crippen MR) is 107 cm³/mol. The topological polar surface area (TPSA) is 66.6 Å². The highest BCUT2D eigenvalue weighted by Crippen LogP contribution is 2.22. The van der Waals surface area contributed by atoms with E-state index in [9.17, 15) is 9.59 Å². The Balaban J connectivity index is 1.55. The van der Waals surface area contributed by atoms with Crippen molar-refractivity contribution in [3.05, 3.63) is 69.7 Å². The van der Waals surface area contributed by atoms with E-state index in [1.54, 1.807) is 40.1 Å². The van der Waals surface area contributed by atoms with Gasteiger partial charge in [-0.05, 0) is 36.2 Å². The first-order chi connectivity index (χ1) is 13.0. The van der Waals surface area contributed by atoms with E-state index >= 15 is 0 Å². The van der Waals surface area contributed by atoms with Crippen LogP contribution in [0, 0.1) is 0 Å². The summed E-state index contributed by atoms with van der Waals surface area (Å²) in [6.45, 7) is 1.93. The minimum Gasteiger partial charge on any atom is -0.338 e. The second-order valence-electron chi connectivity index (χ2n) is 6.53. The molecule has 0 aromatic heterocycles. The third-order valence-corrected chi connectivity index (χ3v) is 5.26. The summed E-state index contributed by atoms with van der Waals surface area (Å²) in [4.78, 5) is 28.6. The molecular weight excluding hydrogens is 385 g/mol. The van der Waals surface area contributed by atoms with Crippen LogP contribution >= 0.6 is 23.2 Å². The van der Waals surface area contributed by atoms with Gasteiger partial charge in [0, 0.05) is 41.8 Å². The van der Waals surface area contributed by atoms with Crippen LogP contribution in [0.2, 0.25) is 10.0 Å². The average molecular weight is 406 g/mol. The van der Waals surface area contributed by atoms with Gasteiger partial charge in [0.2, 0.25) is 5.91 Å². The van der Waals surface area contributed by atoms with Gasteiger partial charge >= 0.3 is 0 Å². The van der Waals surface area contributed by atoms with Crippen molar-refractivity contribution in [2.75, 3.05) is 26.2 Å². The van der Waals surface area contributed by atoms with Crippen LogP contribution in [0.25, 0.3) is 0 Å². The molecule has 1 fully saturated rings. The molecule has 2 aromatic rings. The van der Waals surface area contributed by atoms with Gasteiger partial charge in [-0.3, -0.25) is 9.59 Å². The lowest BCUT2D eigenvalue weighted by atomic mass is 10.0. The number of halogens is 2. The SMILES string of the molecule is NC(Cc1ccc(Cl)cc1Cl)C(=O)N1CCN(C(=O)c2ccccc2)CC1. The fraction of sp³-hybridized carbons (Fsp3) is 0.300. The maximum absolute atomic E-state index is 12.7. The fourth-order valence-corrected chi connectivity index (χ4v) is 3.62. The Morgan fingerprint density at radius 1 is 0.963 bits per heavy atom. The molecule has 1 aliphatic rings. The van der Waals surface area contributed by atoms with E-state index in [2.05, 4.69) is 0 Å². The first-order valence-corrected chi connectivity index (χ1v) is 9.54. The molecule has 1 saturated heterocycles. The Morgan fingerprint density at radius 2 is 1.59 bits per heavy atom. The summed E-state index contributed by atoms with van der Waals surface area (Å²) in [5, 5.41) is 1.05. The van der Waals surface area contributed by atoms with Gasteiger partial charge in [0.05, 0.1) is 6.04 Å². The highest BCUT2D eigenvalue weighted by Gasteiger charge is 2.28. The maximum Gasteiger partial charge on any atom is 0.253 e. The predicted octanol–water partition coefficient (Wildman–Crippen LogP) is 2.85. The first-order valence-electron chi connectivity index (χ1n) is 8.78. The molecule has 142 valence electrons. The van der Waals surface area contributed by atoms with Crippen LogP contribution in [-0.2, 0) is 11.2 Å². The number of carbonyl (C=O) groups is 2. The first kappa shape index (κ1) is 19.7. The van der Waals surface area contributed by atoms with E-state index in [0.29, 0.717) is 48.2 Å². The van der Waals surface area contributed by atoms with Gasteiger partial charge in [-0.2, -0.15) is 0 Å². The molecule has 0 radical (unpaired) electrons. The minimum atomic E-state index is -0.681. The highest BCUT2D eigenvalue weighted by atomic mass is 35.5. The quantitative estimate of drug-likeness (QED) is 0.849. The van der Waals surface area contributed by atoms with Crippen molar-refractivity contribution in [1.29, 1.82) is 0 Å². The molecular formula is C20H21Cl2N3O2. The molecule has 1 unspecified atom stereocenters. The van der Waals surface area contributed by atoms with Gasteiger partial charge in [0.15, 0.2) is 0 Å². The van der Waals surface area contributed by atoms with Gasteiger partial charge in [-0.25, -0.2) is 0 Å². The van der Waals surface area contributed by atoms with E-state index in [0.717, 1.165) is 5.56 Å². The van der Waals surface area contributed by atoms with Gasteiger partial charge in [-0.1, -0.05) is 47.5 Å². The lowest BCUT2D eigenvalue weighted by molar-refractivity contribution is -0.134. The number of nitrogens with two attached hydrogens (primary N) is 1. The van der Waals surface area contributed by atoms with Crippen LogP contribution in [0.15, 0.2) is 48.5 Å². The summed E-state index contributed by atoms with van der Waals surface area (Å²) in [5.74, 6) is -0.146. The number of piperazine rings is 1. The average Bonchev–Trinajstić information content (AvgIpc) is 2.69. The third-order valence-electron chi connectivity index (χ3n) is 4.67. The number of hydrogen-bond donors (Lipinski definition) is 1. The van der Waals surface area contributed by atoms with Crippen molar-refractivity contribution < 1.29 is 9.59 Å². The number of carbonyl (C=O) groups excluding carboxylic acids is 2. The Bertz CT molecular complexity index is 821. The monoisotopic (exact) mass is 405 g/mol. The van der Waals surface area contributed by atoms with Crippen LogP contribution in [0.4, 0.5) is 0 Å². The lowest BCUT2D eigenvalue weighted by Gasteiger charge is -2.36. The molecule has 7 heteroatoms. The third kappa shape index (κ3) is 4.80. The van der Waals surface area contributed by atoms with Crippen molar-refractivity contribution in [1.82, 2.24) is 9.80 Å². The largest absolute Gasteiger partial charge is 0.338 e. The maximum atomic E-state index is 12.7. The zero-order valence-corrected chi connectivity index (χ0v) is 16.3. The second-order valence-corrected chi connectivity index (χ2v) is 7.37. The molecule has 1 atom stereocenters. The summed E-state index contributed by atoms with van der Waals surface area (Å²) >= 11 is 12.1. The summed E-state index contributed by atoms with van der Waals surface area (Å²) in [7, 11) is 0. The standard InChI is InChI=1S/C20H21Cl2N3O2/c21-16-7-6-15(17(22)13-16)12-18(23)20(27)25-10-8-24(9-11-25)19(26)14-4-2-1-3-5-14/h1-7,13,18H,8-12,23H2. The number of rotatable bonds is 4. The summed E-state index contributed by atoms with van der Waals surface area (Å²) in [6.07, 6.45) is 0.345. The minimum absolute atomic E-state index is 0.0139. The van der Waals surface area contributed by atoms with Crippen LogP contribution in [0.5, 0.6) is 0 Å². The van der Waals surface area contributed by atoms with Crippen LogP contribution < -0.4 is 5.73 Å². The van der Waals surface area contributed by atoms with E-state index in [-0.39, 0.29) is 11.8 Å². The van der Waals surface area contributed by atoms with Gasteiger partial charge < -0.3 is 15.5 Å². The van der Waals surface area contributed by atoms with Crippen LogP contribution in [0.3, 0.4) is 0 Å². The normalized spacial score (nSPS) is 15.5. The zero-order chi connectivity index (χ0) is 19.4. The number of hydrogen-bond acceptors (Lipinski definition) is 3. The molecule has 0 bridgehead atoms. The Hall–Kier alpha value is -2.08. The van der Waals surface area contributed by atoms with E-state index < -0.39 is 6.04 Å². The summed E-state index contributed by atoms with van der Waals surface area (Å²) < 4.78 is 0. The van der Waals surface area contributed by atoms with Gasteiger partial charge in [-0.15, -0.1) is 0 Å². The molecule has 3 rings (SSSR count). The Morgan fingerprint density at radius 3 is 2.22 bits per heavy atom. The van der Waals surface area contributed by atoms with Crippen LogP contribution in [0.1, 0.15) is 15.9 Å². The zero-order valence-electron chi connectivity index (χ0n) is 14.8. The van der Waals surface area contributed by atoms with Gasteiger partial charge in [0.1, 0.15) is 0 Å². The van der Waals surface area contributed by atoms with E-state index in [4.69, 9.17) is 28.9 Å². The van der Waals surface area contributed by atoms with E-state index in [1.807, 2.05) is 18.2 Å². The van der Waals surface area contributed by atoms with Crippen molar-refractivity contribution in [3.63, 3.8) is 0 Å². The smallest absolute Gasteiger partial charge is 0.253 e. The number of nitrogens with zero attached hydrogens (tertiary/aromatic N) is 2. The molecule has 0 saturated carbocycles. The molecule has 0 aliphatic carbocycles. The molecule has 1 heterocycles. The van der Waals surface area contributed by atoms with Gasteiger partial charge in [0.25, 0.3) is 5.91 Å². The van der Waals surface area contributed by atoms with E-state index in [1.165, 1.54) is 0 Å². The van der Waals surface area contributed by atoms with Crippen molar-refractivity contribution in [2.45, 2.75) is 12.5 Å². The van der Waals surface area contributed by atoms with Crippen molar-refractivity contribution >= 4 is 35.0 Å². The molecule has 0 spiro atoms.